The molecule has 0 fully saturated rings. The van der Waals surface area contributed by atoms with E-state index in [1.165, 1.54) is 19.3 Å². The van der Waals surface area contributed by atoms with Crippen LogP contribution in [0.1, 0.15) is 48.3 Å². The van der Waals surface area contributed by atoms with Crippen LogP contribution < -0.4 is 59.1 Å². The molecule has 0 amide bonds. The maximum Gasteiger partial charge on any atom is 1.00 e. The molecule has 0 saturated heterocycles. The first-order valence-electron chi connectivity index (χ1n) is 6.90. The van der Waals surface area contributed by atoms with Gasteiger partial charge in [0.2, 0.25) is 0 Å². The fraction of sp³-hybridized carbons (Fsp3) is 0.846. The monoisotopic (exact) mass is 340 g/mol. The molecule has 0 radical (unpaired) electrons. The first kappa shape index (κ1) is 27.5. The smallest absolute Gasteiger partial charge is 1.00 e. The predicted octanol–water partition coefficient (Wildman–Crippen LogP) is -3.78. The summed E-state index contributed by atoms with van der Waals surface area (Å²) in [5.74, 6) is 0. The van der Waals surface area contributed by atoms with Gasteiger partial charge in [0.1, 0.15) is 12.7 Å². The normalized spacial score (nSPS) is 10.7. The first-order valence-corrected chi connectivity index (χ1v) is 6.90. The molecule has 122 valence electrons. The molecular formula is C13H26Na2O7. The Bertz CT molecular complexity index is 287. The molecule has 0 aromatic carbocycles. The van der Waals surface area contributed by atoms with Crippen molar-refractivity contribution in [1.82, 2.24) is 0 Å². The van der Waals surface area contributed by atoms with Crippen LogP contribution in [0.4, 0.5) is 9.59 Å². The zero-order valence-electron chi connectivity index (χ0n) is 15.9. The summed E-state index contributed by atoms with van der Waals surface area (Å²) < 4.78 is 13.2. The van der Waals surface area contributed by atoms with Crippen molar-refractivity contribution in [3.63, 3.8) is 0 Å². The van der Waals surface area contributed by atoms with Crippen molar-refractivity contribution in [1.29, 1.82) is 0 Å². The molecule has 0 aliphatic rings. The largest absolute Gasteiger partial charge is 1.00 e. The van der Waals surface area contributed by atoms with Crippen LogP contribution in [0, 0.1) is 0 Å². The Balaban J connectivity index is -0.000000301. The SMILES string of the molecule is CCCCCCCCOC(=O)OC(=O)OCC(O)CO.[H-].[H-].[Na+].[Na+]. The summed E-state index contributed by atoms with van der Waals surface area (Å²) in [6.45, 7) is 1.34. The van der Waals surface area contributed by atoms with Crippen LogP contribution in [0.3, 0.4) is 0 Å². The van der Waals surface area contributed by atoms with Gasteiger partial charge < -0.3 is 27.3 Å². The molecule has 9 heteroatoms. The van der Waals surface area contributed by atoms with E-state index in [0.717, 1.165) is 19.3 Å². The van der Waals surface area contributed by atoms with E-state index in [1.54, 1.807) is 0 Å². The van der Waals surface area contributed by atoms with Crippen LogP contribution >= 0.6 is 0 Å². The Labute approximate surface area is 178 Å². The van der Waals surface area contributed by atoms with Crippen LogP contribution in [0.25, 0.3) is 0 Å². The molecule has 0 aliphatic heterocycles. The minimum atomic E-state index is -1.26. The van der Waals surface area contributed by atoms with Gasteiger partial charge in [-0.05, 0) is 6.42 Å². The standard InChI is InChI=1S/C13H24O7.2Na.2H/c1-2-3-4-5-6-7-8-18-12(16)20-13(17)19-10-11(15)9-14;;;;/h11,14-15H,2-10H2,1H3;;;;/q;2*+1;2*-1. The van der Waals surface area contributed by atoms with Gasteiger partial charge in [-0.3, -0.25) is 0 Å². The molecule has 0 aromatic rings. The molecule has 0 aliphatic carbocycles. The maximum absolute atomic E-state index is 11.0. The third kappa shape index (κ3) is 18.7. The van der Waals surface area contributed by atoms with E-state index in [2.05, 4.69) is 21.1 Å². The number of aliphatic hydroxyl groups excluding tert-OH is 2. The van der Waals surface area contributed by atoms with Gasteiger partial charge in [-0.1, -0.05) is 39.0 Å². The summed E-state index contributed by atoms with van der Waals surface area (Å²) in [6, 6.07) is 0. The average Bonchev–Trinajstić information content (AvgIpc) is 2.43. The summed E-state index contributed by atoms with van der Waals surface area (Å²) in [5, 5.41) is 17.4. The van der Waals surface area contributed by atoms with E-state index >= 15 is 0 Å². The van der Waals surface area contributed by atoms with Crippen LogP contribution in [0.15, 0.2) is 0 Å². The molecule has 0 rings (SSSR count). The fourth-order valence-corrected chi connectivity index (χ4v) is 1.38. The number of hydrogen-bond donors (Lipinski definition) is 2. The Hall–Kier alpha value is 0.660. The van der Waals surface area contributed by atoms with Gasteiger partial charge in [-0.25, -0.2) is 9.59 Å². The number of carbonyl (C=O) groups is 2. The summed E-state index contributed by atoms with van der Waals surface area (Å²) in [6.07, 6.45) is 2.74. The molecule has 0 aromatic heterocycles. The van der Waals surface area contributed by atoms with E-state index in [4.69, 9.17) is 10.2 Å². The molecule has 0 spiro atoms. The van der Waals surface area contributed by atoms with E-state index in [9.17, 15) is 9.59 Å². The van der Waals surface area contributed by atoms with Crippen molar-refractivity contribution in [2.24, 2.45) is 0 Å². The fourth-order valence-electron chi connectivity index (χ4n) is 1.38. The van der Waals surface area contributed by atoms with Gasteiger partial charge >= 0.3 is 71.4 Å². The van der Waals surface area contributed by atoms with E-state index < -0.39 is 31.6 Å². The Kier molecular flexibility index (Phi) is 24.6. The van der Waals surface area contributed by atoms with Gasteiger partial charge in [0, 0.05) is 0 Å². The summed E-state index contributed by atoms with van der Waals surface area (Å²) in [5.41, 5.74) is 0. The minimum Gasteiger partial charge on any atom is -1.00 e. The van der Waals surface area contributed by atoms with Crippen LogP contribution in [-0.4, -0.2) is 48.4 Å². The molecule has 1 atom stereocenters. The number of ether oxygens (including phenoxy) is 3. The van der Waals surface area contributed by atoms with E-state index in [1.807, 2.05) is 0 Å². The maximum atomic E-state index is 11.0. The van der Waals surface area contributed by atoms with Gasteiger partial charge in [0.15, 0.2) is 0 Å². The van der Waals surface area contributed by atoms with E-state index in [0.29, 0.717) is 0 Å². The molecule has 0 saturated carbocycles. The zero-order valence-corrected chi connectivity index (χ0v) is 17.9. The topological polar surface area (TPSA) is 102 Å². The second-order valence-electron chi connectivity index (χ2n) is 4.37. The summed E-state index contributed by atoms with van der Waals surface area (Å²) in [7, 11) is 0. The Morgan fingerprint density at radius 3 is 2.14 bits per heavy atom. The molecule has 7 nitrogen and oxygen atoms in total. The van der Waals surface area contributed by atoms with Crippen molar-refractivity contribution in [2.75, 3.05) is 19.8 Å². The average molecular weight is 340 g/mol. The van der Waals surface area contributed by atoms with Crippen molar-refractivity contribution < 1.29 is 96.0 Å². The number of hydrogen-bond acceptors (Lipinski definition) is 7. The molecule has 22 heavy (non-hydrogen) atoms. The van der Waals surface area contributed by atoms with Gasteiger partial charge in [-0.2, -0.15) is 0 Å². The second-order valence-corrected chi connectivity index (χ2v) is 4.37. The second kappa shape index (κ2) is 19.7. The van der Waals surface area contributed by atoms with Gasteiger partial charge in [0.25, 0.3) is 0 Å². The molecular weight excluding hydrogens is 314 g/mol. The van der Waals surface area contributed by atoms with Crippen molar-refractivity contribution >= 4 is 12.3 Å². The number of rotatable bonds is 10. The Morgan fingerprint density at radius 1 is 1.00 bits per heavy atom. The van der Waals surface area contributed by atoms with Crippen molar-refractivity contribution in [3.05, 3.63) is 0 Å². The molecule has 1 unspecified atom stereocenters. The third-order valence-corrected chi connectivity index (χ3v) is 2.49. The molecule has 0 bridgehead atoms. The number of aliphatic hydroxyl groups is 2. The molecule has 2 N–H and O–H groups in total. The van der Waals surface area contributed by atoms with Crippen LogP contribution in [0.2, 0.25) is 0 Å². The third-order valence-electron chi connectivity index (χ3n) is 2.49. The van der Waals surface area contributed by atoms with Crippen LogP contribution in [0.5, 0.6) is 0 Å². The van der Waals surface area contributed by atoms with Crippen LogP contribution in [-0.2, 0) is 14.2 Å². The molecule has 0 heterocycles. The first-order chi connectivity index (χ1) is 9.60. The summed E-state index contributed by atoms with van der Waals surface area (Å²) >= 11 is 0. The number of unbranched alkanes of at least 4 members (excludes halogenated alkanes) is 5. The van der Waals surface area contributed by atoms with E-state index in [-0.39, 0.29) is 68.6 Å². The van der Waals surface area contributed by atoms with Crippen molar-refractivity contribution in [2.45, 2.75) is 51.6 Å². The zero-order chi connectivity index (χ0) is 15.2. The van der Waals surface area contributed by atoms with Crippen molar-refractivity contribution in [3.8, 4) is 0 Å². The van der Waals surface area contributed by atoms with Gasteiger partial charge in [-0.15, -0.1) is 0 Å². The summed E-state index contributed by atoms with van der Waals surface area (Å²) in [4.78, 5) is 22.0. The quantitative estimate of drug-likeness (QED) is 0.182. The number of carbonyl (C=O) groups excluding carboxylic acids is 2. The van der Waals surface area contributed by atoms with Gasteiger partial charge in [0.05, 0.1) is 13.2 Å². The predicted molar refractivity (Wildman–Crippen MR) is 72.5 cm³/mol. The Morgan fingerprint density at radius 2 is 1.55 bits per heavy atom. The minimum absolute atomic E-state index is 0.